The molecule has 4 N–H and O–H groups in total. The second kappa shape index (κ2) is 14.0. The van der Waals surface area contributed by atoms with Crippen LogP contribution in [0.15, 0.2) is 29.3 Å². The van der Waals surface area contributed by atoms with E-state index in [1.54, 1.807) is 26.3 Å². The predicted octanol–water partition coefficient (Wildman–Crippen LogP) is 1.12. The first kappa shape index (κ1) is 22.6. The molecule has 0 saturated heterocycles. The number of hydrogen-bond acceptors (Lipinski definition) is 4. The average molecular weight is 450 g/mol. The summed E-state index contributed by atoms with van der Waals surface area (Å²) in [6.45, 7) is 3.22. The van der Waals surface area contributed by atoms with Crippen LogP contribution >= 0.6 is 24.0 Å². The number of carbonyl (C=O) groups excluding carboxylic acids is 1. The molecule has 1 amide bonds. The Morgan fingerprint density at radius 2 is 2.04 bits per heavy atom. The van der Waals surface area contributed by atoms with E-state index in [9.17, 15) is 4.79 Å². The minimum absolute atomic E-state index is 0. The molecule has 0 saturated carbocycles. The molecule has 0 spiro atoms. The Hall–Kier alpha value is -1.39. The Morgan fingerprint density at radius 1 is 1.25 bits per heavy atom. The van der Waals surface area contributed by atoms with Crippen molar-refractivity contribution in [3.63, 3.8) is 0 Å². The smallest absolute Gasteiger partial charge is 0.248 e. The standard InChI is InChI=1S/C16H26N4O3.HI/c1-18-16(19-7-4-8-23-10-9-22-2)20-12-13-5-3-6-14(11-13)15(17)21;/h3,5-6,11H,4,7-10,12H2,1-2H3,(H2,17,21)(H2,18,19,20);1H. The summed E-state index contributed by atoms with van der Waals surface area (Å²) in [7, 11) is 3.37. The molecule has 7 nitrogen and oxygen atoms in total. The van der Waals surface area contributed by atoms with E-state index >= 15 is 0 Å². The molecule has 24 heavy (non-hydrogen) atoms. The van der Waals surface area contributed by atoms with E-state index in [0.717, 1.165) is 18.5 Å². The first-order valence-corrected chi connectivity index (χ1v) is 7.57. The van der Waals surface area contributed by atoms with Gasteiger partial charge in [-0.25, -0.2) is 0 Å². The maximum atomic E-state index is 11.2. The lowest BCUT2D eigenvalue weighted by atomic mass is 10.1. The van der Waals surface area contributed by atoms with Crippen LogP contribution in [0.4, 0.5) is 0 Å². The molecule has 1 aromatic rings. The highest BCUT2D eigenvalue weighted by atomic mass is 127. The Morgan fingerprint density at radius 3 is 2.71 bits per heavy atom. The van der Waals surface area contributed by atoms with E-state index in [-0.39, 0.29) is 24.0 Å². The third kappa shape index (κ3) is 9.68. The summed E-state index contributed by atoms with van der Waals surface area (Å²) >= 11 is 0. The molecular formula is C16H27IN4O3. The van der Waals surface area contributed by atoms with Gasteiger partial charge in [-0.15, -0.1) is 24.0 Å². The van der Waals surface area contributed by atoms with E-state index in [2.05, 4.69) is 15.6 Å². The van der Waals surface area contributed by atoms with Gasteiger partial charge in [-0.05, 0) is 24.1 Å². The number of halogens is 1. The molecule has 0 aromatic heterocycles. The average Bonchev–Trinajstić information content (AvgIpc) is 2.57. The van der Waals surface area contributed by atoms with E-state index < -0.39 is 5.91 Å². The van der Waals surface area contributed by atoms with Crippen LogP contribution < -0.4 is 16.4 Å². The SMILES string of the molecule is CN=C(NCCCOCCOC)NCc1cccc(C(N)=O)c1.I. The maximum Gasteiger partial charge on any atom is 0.248 e. The van der Waals surface area contributed by atoms with Crippen LogP contribution in [-0.4, -0.2) is 52.4 Å². The summed E-state index contributed by atoms with van der Waals surface area (Å²) in [5, 5.41) is 6.39. The first-order valence-electron chi connectivity index (χ1n) is 7.57. The van der Waals surface area contributed by atoms with Crippen LogP contribution in [0.5, 0.6) is 0 Å². The van der Waals surface area contributed by atoms with Crippen molar-refractivity contribution in [1.29, 1.82) is 0 Å². The number of nitrogens with zero attached hydrogens (tertiary/aromatic N) is 1. The van der Waals surface area contributed by atoms with Gasteiger partial charge in [-0.2, -0.15) is 0 Å². The highest BCUT2D eigenvalue weighted by Crippen LogP contribution is 2.04. The summed E-state index contributed by atoms with van der Waals surface area (Å²) in [5.41, 5.74) is 6.74. The fourth-order valence-corrected chi connectivity index (χ4v) is 1.87. The zero-order chi connectivity index (χ0) is 16.9. The van der Waals surface area contributed by atoms with Gasteiger partial charge in [0.15, 0.2) is 5.96 Å². The third-order valence-electron chi connectivity index (χ3n) is 3.08. The van der Waals surface area contributed by atoms with Crippen molar-refractivity contribution >= 4 is 35.8 Å². The highest BCUT2D eigenvalue weighted by molar-refractivity contribution is 14.0. The molecule has 0 aliphatic heterocycles. The van der Waals surface area contributed by atoms with Gasteiger partial charge in [-0.3, -0.25) is 9.79 Å². The Balaban J connectivity index is 0.00000529. The monoisotopic (exact) mass is 450 g/mol. The molecule has 1 aromatic carbocycles. The van der Waals surface area contributed by atoms with Gasteiger partial charge in [0.2, 0.25) is 5.91 Å². The summed E-state index contributed by atoms with van der Waals surface area (Å²) < 4.78 is 10.3. The molecule has 0 atom stereocenters. The molecule has 0 fully saturated rings. The summed E-state index contributed by atoms with van der Waals surface area (Å²) in [5.74, 6) is 0.272. The quantitative estimate of drug-likeness (QED) is 0.215. The molecule has 0 unspecified atom stereocenters. The number of guanidine groups is 1. The zero-order valence-electron chi connectivity index (χ0n) is 14.2. The van der Waals surface area contributed by atoms with Crippen molar-refractivity contribution in [2.45, 2.75) is 13.0 Å². The molecule has 0 radical (unpaired) electrons. The van der Waals surface area contributed by atoms with E-state index in [0.29, 0.717) is 37.9 Å². The van der Waals surface area contributed by atoms with Gasteiger partial charge < -0.3 is 25.8 Å². The molecule has 136 valence electrons. The van der Waals surface area contributed by atoms with Gasteiger partial charge in [0.1, 0.15) is 0 Å². The molecular weight excluding hydrogens is 423 g/mol. The second-order valence-corrected chi connectivity index (χ2v) is 4.88. The van der Waals surface area contributed by atoms with Crippen molar-refractivity contribution in [3.8, 4) is 0 Å². The largest absolute Gasteiger partial charge is 0.382 e. The number of nitrogens with two attached hydrogens (primary N) is 1. The van der Waals surface area contributed by atoms with Crippen LogP contribution in [0, 0.1) is 0 Å². The van der Waals surface area contributed by atoms with Gasteiger partial charge in [0.25, 0.3) is 0 Å². The fourth-order valence-electron chi connectivity index (χ4n) is 1.87. The number of amides is 1. The number of carbonyl (C=O) groups is 1. The van der Waals surface area contributed by atoms with Crippen molar-refractivity contribution in [1.82, 2.24) is 10.6 Å². The second-order valence-electron chi connectivity index (χ2n) is 4.88. The van der Waals surface area contributed by atoms with Crippen LogP contribution in [0.2, 0.25) is 0 Å². The Kier molecular flexibility index (Phi) is 13.2. The predicted molar refractivity (Wildman–Crippen MR) is 106 cm³/mol. The summed E-state index contributed by atoms with van der Waals surface area (Å²) in [4.78, 5) is 15.3. The topological polar surface area (TPSA) is 98.0 Å². The van der Waals surface area contributed by atoms with Gasteiger partial charge in [0.05, 0.1) is 13.2 Å². The van der Waals surface area contributed by atoms with Gasteiger partial charge in [0, 0.05) is 39.4 Å². The number of primary amides is 1. The number of hydrogen-bond donors (Lipinski definition) is 3. The number of rotatable bonds is 10. The van der Waals surface area contributed by atoms with Crippen molar-refractivity contribution in [3.05, 3.63) is 35.4 Å². The zero-order valence-corrected chi connectivity index (χ0v) is 16.5. The lowest BCUT2D eigenvalue weighted by Gasteiger charge is -2.12. The fraction of sp³-hybridized carbons (Fsp3) is 0.500. The van der Waals surface area contributed by atoms with Gasteiger partial charge in [-0.1, -0.05) is 12.1 Å². The van der Waals surface area contributed by atoms with Crippen LogP contribution in [0.25, 0.3) is 0 Å². The molecule has 0 aliphatic carbocycles. The molecule has 0 aliphatic rings. The van der Waals surface area contributed by atoms with Crippen molar-refractivity contribution < 1.29 is 14.3 Å². The first-order chi connectivity index (χ1) is 11.2. The minimum atomic E-state index is -0.428. The van der Waals surface area contributed by atoms with Crippen LogP contribution in [-0.2, 0) is 16.0 Å². The lowest BCUT2D eigenvalue weighted by Crippen LogP contribution is -2.37. The number of nitrogens with one attached hydrogen (secondary N) is 2. The van der Waals surface area contributed by atoms with Crippen LogP contribution in [0.3, 0.4) is 0 Å². The Bertz CT molecular complexity index is 512. The number of aliphatic imine (C=N–C) groups is 1. The van der Waals surface area contributed by atoms with Crippen molar-refractivity contribution in [2.75, 3.05) is 40.5 Å². The van der Waals surface area contributed by atoms with Gasteiger partial charge >= 0.3 is 0 Å². The van der Waals surface area contributed by atoms with Crippen molar-refractivity contribution in [2.24, 2.45) is 10.7 Å². The number of benzene rings is 1. The van der Waals surface area contributed by atoms with E-state index in [4.69, 9.17) is 15.2 Å². The molecule has 8 heteroatoms. The number of methoxy groups -OCH3 is 1. The molecule has 0 bridgehead atoms. The minimum Gasteiger partial charge on any atom is -0.382 e. The summed E-state index contributed by atoms with van der Waals surface area (Å²) in [6.07, 6.45) is 0.877. The normalized spacial score (nSPS) is 10.8. The Labute approximate surface area is 160 Å². The third-order valence-corrected chi connectivity index (χ3v) is 3.08. The number of ether oxygens (including phenoxy) is 2. The lowest BCUT2D eigenvalue weighted by molar-refractivity contribution is 0.0698. The molecule has 0 heterocycles. The highest BCUT2D eigenvalue weighted by Gasteiger charge is 2.02. The summed E-state index contributed by atoms with van der Waals surface area (Å²) in [6, 6.07) is 7.20. The van der Waals surface area contributed by atoms with Crippen LogP contribution in [0.1, 0.15) is 22.3 Å². The molecule has 1 rings (SSSR count). The van der Waals surface area contributed by atoms with E-state index in [1.807, 2.05) is 12.1 Å². The maximum absolute atomic E-state index is 11.2. The van der Waals surface area contributed by atoms with E-state index in [1.165, 1.54) is 0 Å².